The summed E-state index contributed by atoms with van der Waals surface area (Å²) in [4.78, 5) is 10.3. The van der Waals surface area contributed by atoms with Crippen LogP contribution in [0.3, 0.4) is 0 Å². The minimum absolute atomic E-state index is 0.00577. The summed E-state index contributed by atoms with van der Waals surface area (Å²) in [5.74, 6) is 1.00. The number of rotatable bonds is 4. The van der Waals surface area contributed by atoms with Gasteiger partial charge in [-0.15, -0.1) is 0 Å². The second kappa shape index (κ2) is 6.02. The van der Waals surface area contributed by atoms with Crippen molar-refractivity contribution < 1.29 is 9.66 Å². The van der Waals surface area contributed by atoms with Crippen molar-refractivity contribution >= 4 is 21.6 Å². The molecular weight excluding hydrogens is 324 g/mol. The number of nitrogens with zero attached hydrogens (tertiary/aromatic N) is 1. The van der Waals surface area contributed by atoms with Crippen molar-refractivity contribution in [2.24, 2.45) is 5.73 Å². The molecule has 1 atom stereocenters. The van der Waals surface area contributed by atoms with Gasteiger partial charge in [0.2, 0.25) is 0 Å². The van der Waals surface area contributed by atoms with Gasteiger partial charge >= 0.3 is 0 Å². The lowest BCUT2D eigenvalue weighted by Gasteiger charge is -2.11. The number of benzene rings is 2. The average molecular weight is 337 g/mol. The van der Waals surface area contributed by atoms with Gasteiger partial charge in [-0.1, -0.05) is 28.1 Å². The fourth-order valence-corrected chi connectivity index (χ4v) is 2.46. The van der Waals surface area contributed by atoms with Crippen LogP contribution in [0.4, 0.5) is 5.69 Å². The summed E-state index contributed by atoms with van der Waals surface area (Å²) < 4.78 is 6.45. The van der Waals surface area contributed by atoms with E-state index in [1.807, 2.05) is 13.0 Å². The maximum atomic E-state index is 10.7. The maximum absolute atomic E-state index is 10.7. The standard InChI is InChI=1S/C14H13BrN2O3/c1-9(16)13-6-5-12(8-14(13)15)20-11-4-2-3-10(7-11)17(18)19/h2-9H,16H2,1H3/t9-/m1/s1. The monoisotopic (exact) mass is 336 g/mol. The van der Waals surface area contributed by atoms with E-state index in [2.05, 4.69) is 15.9 Å². The Labute approximate surface area is 124 Å². The lowest BCUT2D eigenvalue weighted by Crippen LogP contribution is -2.05. The van der Waals surface area contributed by atoms with Crippen LogP contribution in [0, 0.1) is 10.1 Å². The molecule has 0 radical (unpaired) electrons. The summed E-state index contributed by atoms with van der Waals surface area (Å²) >= 11 is 3.43. The van der Waals surface area contributed by atoms with Gasteiger partial charge in [0.25, 0.3) is 5.69 Å². The Morgan fingerprint density at radius 1 is 1.25 bits per heavy atom. The molecule has 0 bridgehead atoms. The van der Waals surface area contributed by atoms with Crippen molar-refractivity contribution in [3.05, 3.63) is 62.6 Å². The third kappa shape index (κ3) is 3.34. The summed E-state index contributed by atoms with van der Waals surface area (Å²) in [5.41, 5.74) is 6.79. The minimum Gasteiger partial charge on any atom is -0.457 e. The predicted molar refractivity (Wildman–Crippen MR) is 79.9 cm³/mol. The van der Waals surface area contributed by atoms with Crippen LogP contribution in [0.2, 0.25) is 0 Å². The summed E-state index contributed by atoms with van der Waals surface area (Å²) in [6.07, 6.45) is 0. The molecule has 0 fully saturated rings. The first-order valence-electron chi connectivity index (χ1n) is 5.94. The average Bonchev–Trinajstić information content (AvgIpc) is 2.38. The number of hydrogen-bond donors (Lipinski definition) is 1. The van der Waals surface area contributed by atoms with E-state index in [1.54, 1.807) is 24.3 Å². The number of ether oxygens (including phenoxy) is 1. The SMILES string of the molecule is C[C@@H](N)c1ccc(Oc2cccc([N+](=O)[O-])c2)cc1Br. The van der Waals surface area contributed by atoms with Crippen LogP contribution in [0.1, 0.15) is 18.5 Å². The van der Waals surface area contributed by atoms with E-state index in [-0.39, 0.29) is 11.7 Å². The fraction of sp³-hybridized carbons (Fsp3) is 0.143. The van der Waals surface area contributed by atoms with Crippen molar-refractivity contribution in [2.75, 3.05) is 0 Å². The van der Waals surface area contributed by atoms with Crippen LogP contribution in [-0.4, -0.2) is 4.92 Å². The molecule has 0 spiro atoms. The zero-order valence-corrected chi connectivity index (χ0v) is 12.3. The molecule has 0 aliphatic rings. The van der Waals surface area contributed by atoms with Gasteiger partial charge in [-0.25, -0.2) is 0 Å². The number of hydrogen-bond acceptors (Lipinski definition) is 4. The molecule has 0 amide bonds. The van der Waals surface area contributed by atoms with Gasteiger partial charge in [0.1, 0.15) is 11.5 Å². The smallest absolute Gasteiger partial charge is 0.273 e. The molecule has 0 aliphatic heterocycles. The molecule has 5 nitrogen and oxygen atoms in total. The predicted octanol–water partition coefficient (Wildman–Crippen LogP) is 4.17. The molecule has 20 heavy (non-hydrogen) atoms. The third-order valence-electron chi connectivity index (χ3n) is 2.73. The maximum Gasteiger partial charge on any atom is 0.273 e. The number of nitro groups is 1. The molecule has 0 saturated heterocycles. The van der Waals surface area contributed by atoms with Crippen molar-refractivity contribution in [3.8, 4) is 11.5 Å². The molecule has 0 unspecified atom stereocenters. The van der Waals surface area contributed by atoms with Crippen molar-refractivity contribution in [2.45, 2.75) is 13.0 Å². The normalized spacial score (nSPS) is 11.9. The molecule has 0 saturated carbocycles. The molecule has 2 rings (SSSR count). The molecule has 2 N–H and O–H groups in total. The minimum atomic E-state index is -0.456. The van der Waals surface area contributed by atoms with Crippen molar-refractivity contribution in [3.63, 3.8) is 0 Å². The highest BCUT2D eigenvalue weighted by molar-refractivity contribution is 9.10. The van der Waals surface area contributed by atoms with Gasteiger partial charge < -0.3 is 10.5 Å². The molecule has 0 aliphatic carbocycles. The van der Waals surface area contributed by atoms with Crippen molar-refractivity contribution in [1.29, 1.82) is 0 Å². The van der Waals surface area contributed by atoms with E-state index in [9.17, 15) is 10.1 Å². The van der Waals surface area contributed by atoms with Gasteiger partial charge in [-0.3, -0.25) is 10.1 Å². The Kier molecular flexibility index (Phi) is 4.36. The van der Waals surface area contributed by atoms with E-state index >= 15 is 0 Å². The Morgan fingerprint density at radius 2 is 1.95 bits per heavy atom. The second-order valence-corrected chi connectivity index (χ2v) is 5.18. The molecular formula is C14H13BrN2O3. The number of nitrogens with two attached hydrogens (primary N) is 1. The summed E-state index contributed by atoms with van der Waals surface area (Å²) in [7, 11) is 0. The van der Waals surface area contributed by atoms with Crippen LogP contribution in [0.15, 0.2) is 46.9 Å². The first-order chi connectivity index (χ1) is 9.47. The third-order valence-corrected chi connectivity index (χ3v) is 3.41. The highest BCUT2D eigenvalue weighted by Crippen LogP contribution is 2.30. The van der Waals surface area contributed by atoms with Gasteiger partial charge in [0.15, 0.2) is 0 Å². The first-order valence-corrected chi connectivity index (χ1v) is 6.74. The summed E-state index contributed by atoms with van der Waals surface area (Å²) in [6, 6.07) is 11.4. The van der Waals surface area contributed by atoms with Crippen LogP contribution < -0.4 is 10.5 Å². The second-order valence-electron chi connectivity index (χ2n) is 4.33. The van der Waals surface area contributed by atoms with Crippen LogP contribution in [0.25, 0.3) is 0 Å². The van der Waals surface area contributed by atoms with Crippen LogP contribution >= 0.6 is 15.9 Å². The molecule has 0 aromatic heterocycles. The van der Waals surface area contributed by atoms with Gasteiger partial charge in [-0.05, 0) is 30.7 Å². The van der Waals surface area contributed by atoms with E-state index < -0.39 is 4.92 Å². The van der Waals surface area contributed by atoms with Gasteiger partial charge in [-0.2, -0.15) is 0 Å². The lowest BCUT2D eigenvalue weighted by atomic mass is 10.1. The van der Waals surface area contributed by atoms with E-state index in [1.165, 1.54) is 12.1 Å². The fourth-order valence-electron chi connectivity index (χ4n) is 1.74. The van der Waals surface area contributed by atoms with Crippen LogP contribution in [-0.2, 0) is 0 Å². The van der Waals surface area contributed by atoms with E-state index in [0.29, 0.717) is 11.5 Å². The highest BCUT2D eigenvalue weighted by Gasteiger charge is 2.09. The van der Waals surface area contributed by atoms with Gasteiger partial charge in [0.05, 0.1) is 11.0 Å². The Hall–Kier alpha value is -1.92. The molecule has 6 heteroatoms. The molecule has 0 heterocycles. The summed E-state index contributed by atoms with van der Waals surface area (Å²) in [6.45, 7) is 1.89. The lowest BCUT2D eigenvalue weighted by molar-refractivity contribution is -0.384. The number of non-ortho nitro benzene ring substituents is 1. The number of nitro benzene ring substituents is 1. The van der Waals surface area contributed by atoms with Crippen LogP contribution in [0.5, 0.6) is 11.5 Å². The Balaban J connectivity index is 2.24. The largest absolute Gasteiger partial charge is 0.457 e. The summed E-state index contributed by atoms with van der Waals surface area (Å²) in [5, 5.41) is 10.7. The van der Waals surface area contributed by atoms with Gasteiger partial charge in [0, 0.05) is 16.6 Å². The molecule has 2 aromatic rings. The zero-order chi connectivity index (χ0) is 14.7. The van der Waals surface area contributed by atoms with E-state index in [4.69, 9.17) is 10.5 Å². The van der Waals surface area contributed by atoms with Crippen molar-refractivity contribution in [1.82, 2.24) is 0 Å². The van der Waals surface area contributed by atoms with E-state index in [0.717, 1.165) is 10.0 Å². The molecule has 104 valence electrons. The highest BCUT2D eigenvalue weighted by atomic mass is 79.9. The quantitative estimate of drug-likeness (QED) is 0.671. The Bertz CT molecular complexity index is 644. The zero-order valence-electron chi connectivity index (χ0n) is 10.7. The number of halogens is 1. The first kappa shape index (κ1) is 14.5. The molecule has 2 aromatic carbocycles. The topological polar surface area (TPSA) is 78.4 Å². The Morgan fingerprint density at radius 3 is 2.55 bits per heavy atom.